The van der Waals surface area contributed by atoms with Crippen molar-refractivity contribution in [1.82, 2.24) is 0 Å². The van der Waals surface area contributed by atoms with Crippen molar-refractivity contribution in [2.75, 3.05) is 13.2 Å². The molecule has 6 nitrogen and oxygen atoms in total. The Morgan fingerprint density at radius 2 is 0.684 bits per heavy atom. The highest BCUT2D eigenvalue weighted by atomic mass is 16.6. The predicted molar refractivity (Wildman–Crippen MR) is 242 cm³/mol. The summed E-state index contributed by atoms with van der Waals surface area (Å²) in [6.45, 7) is 6.41. The summed E-state index contributed by atoms with van der Waals surface area (Å²) in [5.41, 5.74) is 0. The van der Waals surface area contributed by atoms with Gasteiger partial charge in [-0.25, -0.2) is 0 Å². The van der Waals surface area contributed by atoms with Gasteiger partial charge < -0.3 is 14.2 Å². The second kappa shape index (κ2) is 45.8. The molecule has 1 atom stereocenters. The van der Waals surface area contributed by atoms with Crippen LogP contribution < -0.4 is 0 Å². The molecule has 57 heavy (non-hydrogen) atoms. The van der Waals surface area contributed by atoms with Gasteiger partial charge >= 0.3 is 17.9 Å². The third-order valence-corrected chi connectivity index (χ3v) is 10.0. The van der Waals surface area contributed by atoms with Gasteiger partial charge in [0.1, 0.15) is 13.2 Å². The highest BCUT2D eigenvalue weighted by molar-refractivity contribution is 5.71. The second-order valence-electron chi connectivity index (χ2n) is 15.6. The van der Waals surface area contributed by atoms with Gasteiger partial charge in [-0.05, 0) is 83.5 Å². The third-order valence-electron chi connectivity index (χ3n) is 10.0. The number of ether oxygens (including phenoxy) is 3. The molecule has 0 amide bonds. The number of allylic oxidation sites excluding steroid dienone is 10. The quantitative estimate of drug-likeness (QED) is 0.0265. The smallest absolute Gasteiger partial charge is 0.306 e. The van der Waals surface area contributed by atoms with E-state index in [0.29, 0.717) is 19.3 Å². The Morgan fingerprint density at radius 3 is 1.09 bits per heavy atom. The molecule has 0 aliphatic rings. The first-order valence-electron chi connectivity index (χ1n) is 23.8. The molecule has 0 aliphatic heterocycles. The third kappa shape index (κ3) is 44.1. The molecule has 0 N–H and O–H groups in total. The second-order valence-corrected chi connectivity index (χ2v) is 15.6. The van der Waals surface area contributed by atoms with Crippen molar-refractivity contribution in [2.45, 2.75) is 232 Å². The fourth-order valence-electron chi connectivity index (χ4n) is 6.43. The average Bonchev–Trinajstić information content (AvgIpc) is 3.21. The summed E-state index contributed by atoms with van der Waals surface area (Å²) >= 11 is 0. The van der Waals surface area contributed by atoms with E-state index in [9.17, 15) is 14.4 Å². The Hall–Kier alpha value is -2.89. The fraction of sp³-hybridized carbons (Fsp3) is 0.745. The standard InChI is InChI=1S/C51H88O6/c1-4-7-10-13-15-17-19-21-23-24-25-26-28-29-31-33-35-38-41-44-50(53)56-47-48(46-55-49(52)43-40-37-12-9-6-3)57-51(54)45-42-39-36-34-32-30-27-22-20-18-16-14-11-8-5-2/h7,10,15,17,21-23,25-27,48H,4-6,8-9,11-14,16,18-20,24,28-47H2,1-3H3/b10-7-,17-15-,23-21-,26-25-,27-22-. The van der Waals surface area contributed by atoms with Crippen molar-refractivity contribution in [3.05, 3.63) is 60.8 Å². The average molecular weight is 797 g/mol. The molecular formula is C51H88O6. The monoisotopic (exact) mass is 797 g/mol. The van der Waals surface area contributed by atoms with Crippen LogP contribution in [0.15, 0.2) is 60.8 Å². The van der Waals surface area contributed by atoms with Crippen molar-refractivity contribution in [3.63, 3.8) is 0 Å². The van der Waals surface area contributed by atoms with E-state index >= 15 is 0 Å². The zero-order valence-corrected chi connectivity index (χ0v) is 37.3. The highest BCUT2D eigenvalue weighted by Gasteiger charge is 2.19. The van der Waals surface area contributed by atoms with Gasteiger partial charge in [-0.3, -0.25) is 14.4 Å². The topological polar surface area (TPSA) is 78.9 Å². The molecule has 0 saturated carbocycles. The minimum absolute atomic E-state index is 0.0832. The largest absolute Gasteiger partial charge is 0.462 e. The first kappa shape index (κ1) is 54.1. The van der Waals surface area contributed by atoms with Crippen LogP contribution in [-0.4, -0.2) is 37.2 Å². The highest BCUT2D eigenvalue weighted by Crippen LogP contribution is 2.13. The summed E-state index contributed by atoms with van der Waals surface area (Å²) < 4.78 is 16.6. The Labute approximate surface area is 351 Å². The maximum atomic E-state index is 12.7. The van der Waals surface area contributed by atoms with Gasteiger partial charge in [0, 0.05) is 19.3 Å². The summed E-state index contributed by atoms with van der Waals surface area (Å²) in [5.74, 6) is -0.921. The maximum Gasteiger partial charge on any atom is 0.306 e. The molecular weight excluding hydrogens is 709 g/mol. The van der Waals surface area contributed by atoms with Crippen LogP contribution in [0.2, 0.25) is 0 Å². The van der Waals surface area contributed by atoms with Crippen LogP contribution in [0, 0.1) is 0 Å². The molecule has 0 heterocycles. The van der Waals surface area contributed by atoms with Crippen LogP contribution in [0.1, 0.15) is 226 Å². The molecule has 0 radical (unpaired) electrons. The number of carbonyl (C=O) groups excluding carboxylic acids is 3. The Kier molecular flexibility index (Phi) is 43.5. The molecule has 0 aromatic rings. The lowest BCUT2D eigenvalue weighted by Crippen LogP contribution is -2.30. The number of esters is 3. The van der Waals surface area contributed by atoms with Gasteiger partial charge in [-0.1, -0.05) is 184 Å². The Bertz CT molecular complexity index is 1050. The van der Waals surface area contributed by atoms with E-state index in [2.05, 4.69) is 81.5 Å². The van der Waals surface area contributed by atoms with E-state index in [1.54, 1.807) is 0 Å². The number of hydrogen-bond donors (Lipinski definition) is 0. The first-order chi connectivity index (χ1) is 28.0. The molecule has 1 unspecified atom stereocenters. The lowest BCUT2D eigenvalue weighted by Gasteiger charge is -2.18. The van der Waals surface area contributed by atoms with Crippen LogP contribution in [0.4, 0.5) is 0 Å². The van der Waals surface area contributed by atoms with Crippen LogP contribution >= 0.6 is 0 Å². The molecule has 0 fully saturated rings. The lowest BCUT2D eigenvalue weighted by atomic mass is 10.1. The summed E-state index contributed by atoms with van der Waals surface area (Å²) in [4.78, 5) is 37.6. The molecule has 0 aromatic heterocycles. The first-order valence-corrected chi connectivity index (χ1v) is 23.8. The Balaban J connectivity index is 4.24. The van der Waals surface area contributed by atoms with Crippen molar-refractivity contribution < 1.29 is 28.6 Å². The number of rotatable bonds is 42. The van der Waals surface area contributed by atoms with Crippen molar-refractivity contribution in [3.8, 4) is 0 Å². The number of carbonyl (C=O) groups is 3. The van der Waals surface area contributed by atoms with E-state index in [1.165, 1.54) is 77.0 Å². The van der Waals surface area contributed by atoms with Gasteiger partial charge in [0.15, 0.2) is 6.10 Å². The lowest BCUT2D eigenvalue weighted by molar-refractivity contribution is -0.167. The van der Waals surface area contributed by atoms with Crippen molar-refractivity contribution in [1.29, 1.82) is 0 Å². The summed E-state index contributed by atoms with van der Waals surface area (Å²) in [7, 11) is 0. The predicted octanol–water partition coefficient (Wildman–Crippen LogP) is 15.3. The molecule has 0 aliphatic carbocycles. The van der Waals surface area contributed by atoms with Gasteiger partial charge in [0.2, 0.25) is 0 Å². The molecule has 0 saturated heterocycles. The van der Waals surface area contributed by atoms with Gasteiger partial charge in [0.25, 0.3) is 0 Å². The van der Waals surface area contributed by atoms with Crippen LogP contribution in [0.25, 0.3) is 0 Å². The summed E-state index contributed by atoms with van der Waals surface area (Å²) in [5, 5.41) is 0. The van der Waals surface area contributed by atoms with Crippen molar-refractivity contribution >= 4 is 17.9 Å². The van der Waals surface area contributed by atoms with Crippen LogP contribution in [0.5, 0.6) is 0 Å². The van der Waals surface area contributed by atoms with Gasteiger partial charge in [-0.15, -0.1) is 0 Å². The minimum Gasteiger partial charge on any atom is -0.462 e. The summed E-state index contributed by atoms with van der Waals surface area (Å²) in [6.07, 6.45) is 55.2. The molecule has 0 spiro atoms. The molecule has 6 heteroatoms. The minimum atomic E-state index is -0.779. The number of unbranched alkanes of at least 4 members (excludes halogenated alkanes) is 21. The maximum absolute atomic E-state index is 12.7. The van der Waals surface area contributed by atoms with E-state index in [4.69, 9.17) is 14.2 Å². The molecule has 0 rings (SSSR count). The number of hydrogen-bond acceptors (Lipinski definition) is 6. The fourth-order valence-corrected chi connectivity index (χ4v) is 6.43. The summed E-state index contributed by atoms with van der Waals surface area (Å²) in [6, 6.07) is 0. The van der Waals surface area contributed by atoms with Gasteiger partial charge in [-0.2, -0.15) is 0 Å². The molecule has 0 bridgehead atoms. The Morgan fingerprint density at radius 1 is 0.368 bits per heavy atom. The van der Waals surface area contributed by atoms with Crippen molar-refractivity contribution in [2.24, 2.45) is 0 Å². The SMILES string of the molecule is CC/C=C\C/C=C\C/C=C\C/C=C\CCCCCCCCC(=O)OCC(COC(=O)CCCCCCC)OC(=O)CCCCCCC/C=C\CCCCCCCC. The van der Waals surface area contributed by atoms with E-state index in [0.717, 1.165) is 109 Å². The zero-order chi connectivity index (χ0) is 41.5. The van der Waals surface area contributed by atoms with E-state index in [1.807, 2.05) is 0 Å². The van der Waals surface area contributed by atoms with Crippen LogP contribution in [-0.2, 0) is 28.6 Å². The normalized spacial score (nSPS) is 12.5. The molecule has 0 aromatic carbocycles. The van der Waals surface area contributed by atoms with Crippen LogP contribution in [0.3, 0.4) is 0 Å². The van der Waals surface area contributed by atoms with E-state index < -0.39 is 6.10 Å². The molecule has 328 valence electrons. The van der Waals surface area contributed by atoms with Gasteiger partial charge in [0.05, 0.1) is 0 Å². The van der Waals surface area contributed by atoms with E-state index in [-0.39, 0.29) is 31.1 Å². The zero-order valence-electron chi connectivity index (χ0n) is 37.3.